The second kappa shape index (κ2) is 8.27. The van der Waals surface area contributed by atoms with Crippen molar-refractivity contribution in [2.75, 3.05) is 19.0 Å². The number of benzene rings is 1. The zero-order valence-electron chi connectivity index (χ0n) is 14.1. The number of carbonyl (C=O) groups excluding carboxylic acids is 2. The molecule has 0 spiro atoms. The van der Waals surface area contributed by atoms with E-state index in [0.717, 1.165) is 12.8 Å². The van der Waals surface area contributed by atoms with Crippen LogP contribution < -0.4 is 10.1 Å². The van der Waals surface area contributed by atoms with Crippen LogP contribution in [0.25, 0.3) is 0 Å². The zero-order chi connectivity index (χ0) is 18.4. The lowest BCUT2D eigenvalue weighted by molar-refractivity contribution is -0.385. The van der Waals surface area contributed by atoms with E-state index in [4.69, 9.17) is 9.47 Å². The molecule has 134 valence electrons. The summed E-state index contributed by atoms with van der Waals surface area (Å²) in [5, 5.41) is 13.5. The number of esters is 1. The summed E-state index contributed by atoms with van der Waals surface area (Å²) in [6.45, 7) is 1.22. The first-order valence-electron chi connectivity index (χ1n) is 7.87. The Morgan fingerprint density at radius 2 is 2.12 bits per heavy atom. The van der Waals surface area contributed by atoms with Crippen LogP contribution >= 0.6 is 0 Å². The Morgan fingerprint density at radius 1 is 1.36 bits per heavy atom. The average molecular weight is 348 g/mol. The predicted molar refractivity (Wildman–Crippen MR) is 90.5 cm³/mol. The van der Waals surface area contributed by atoms with Gasteiger partial charge in [0.1, 0.15) is 0 Å². The van der Waals surface area contributed by atoms with Crippen LogP contribution in [0.1, 0.15) is 24.8 Å². The Balaban J connectivity index is 1.97. The summed E-state index contributed by atoms with van der Waals surface area (Å²) < 4.78 is 10.0. The van der Waals surface area contributed by atoms with Gasteiger partial charge in [-0.2, -0.15) is 0 Å². The van der Waals surface area contributed by atoms with Gasteiger partial charge in [-0.25, -0.2) is 0 Å². The molecule has 1 atom stereocenters. The molecule has 1 aliphatic rings. The van der Waals surface area contributed by atoms with E-state index in [2.05, 4.69) is 5.32 Å². The van der Waals surface area contributed by atoms with Gasteiger partial charge in [0, 0.05) is 17.8 Å². The number of hydrogen-bond donors (Lipinski definition) is 1. The minimum atomic E-state index is -0.558. The molecular formula is C17H20N2O6. The highest BCUT2D eigenvalue weighted by Crippen LogP contribution is 2.32. The number of amides is 1. The number of rotatable bonds is 6. The van der Waals surface area contributed by atoms with Crippen molar-refractivity contribution < 1.29 is 24.0 Å². The van der Waals surface area contributed by atoms with Crippen LogP contribution in [0.5, 0.6) is 5.75 Å². The van der Waals surface area contributed by atoms with Crippen molar-refractivity contribution in [2.24, 2.45) is 5.92 Å². The number of hydrogen-bond acceptors (Lipinski definition) is 6. The fourth-order valence-electron chi connectivity index (χ4n) is 2.56. The van der Waals surface area contributed by atoms with E-state index in [0.29, 0.717) is 17.7 Å². The maximum atomic E-state index is 12.0. The molecule has 1 N–H and O–H groups in total. The molecule has 0 heterocycles. The third kappa shape index (κ3) is 4.79. The van der Waals surface area contributed by atoms with Crippen LogP contribution in [0, 0.1) is 23.0 Å². The zero-order valence-corrected chi connectivity index (χ0v) is 14.1. The van der Waals surface area contributed by atoms with E-state index in [1.54, 1.807) is 6.92 Å². The standard InChI is InChI=1S/C17H20N2O6/c1-11-8-14(19(22)23)15(24-2)9-13(11)18-16(20)10-25-17(21)12-6-4-3-5-7-12/h3-4,8-9,12H,5-7,10H2,1-2H3,(H,18,20)/t12-/m1/s1. The van der Waals surface area contributed by atoms with Gasteiger partial charge < -0.3 is 14.8 Å². The quantitative estimate of drug-likeness (QED) is 0.366. The van der Waals surface area contributed by atoms with E-state index in [1.165, 1.54) is 19.2 Å². The average Bonchev–Trinajstić information content (AvgIpc) is 2.61. The minimum Gasteiger partial charge on any atom is -0.490 e. The number of nitro groups is 1. The number of ether oxygens (including phenoxy) is 2. The second-order valence-corrected chi connectivity index (χ2v) is 5.73. The van der Waals surface area contributed by atoms with Crippen LogP contribution in [0.3, 0.4) is 0 Å². The summed E-state index contributed by atoms with van der Waals surface area (Å²) in [5.41, 5.74) is 0.684. The third-order valence-corrected chi connectivity index (χ3v) is 3.94. The van der Waals surface area contributed by atoms with E-state index in [-0.39, 0.29) is 17.4 Å². The minimum absolute atomic E-state index is 0.0388. The topological polar surface area (TPSA) is 108 Å². The second-order valence-electron chi connectivity index (χ2n) is 5.73. The Kier molecular flexibility index (Phi) is 6.10. The van der Waals surface area contributed by atoms with Gasteiger partial charge in [0.25, 0.3) is 5.91 Å². The molecule has 0 saturated heterocycles. The summed E-state index contributed by atoms with van der Waals surface area (Å²) in [4.78, 5) is 34.3. The number of nitro benzene ring substituents is 1. The van der Waals surface area contributed by atoms with Gasteiger partial charge in [-0.3, -0.25) is 19.7 Å². The number of carbonyl (C=O) groups is 2. The molecule has 0 bridgehead atoms. The summed E-state index contributed by atoms with van der Waals surface area (Å²) >= 11 is 0. The third-order valence-electron chi connectivity index (χ3n) is 3.94. The number of methoxy groups -OCH3 is 1. The van der Waals surface area contributed by atoms with E-state index < -0.39 is 23.4 Å². The molecule has 0 unspecified atom stereocenters. The normalized spacial score (nSPS) is 16.2. The SMILES string of the molecule is COc1cc(NC(=O)COC(=O)[C@@H]2CC=CCC2)c(C)cc1[N+](=O)[O-]. The van der Waals surface area contributed by atoms with Crippen molar-refractivity contribution in [2.45, 2.75) is 26.2 Å². The molecular weight excluding hydrogens is 328 g/mol. The molecule has 0 aliphatic heterocycles. The van der Waals surface area contributed by atoms with Crippen molar-refractivity contribution >= 4 is 23.3 Å². The molecule has 1 aliphatic carbocycles. The van der Waals surface area contributed by atoms with Crippen LogP contribution in [0.4, 0.5) is 11.4 Å². The molecule has 1 amide bonds. The lowest BCUT2D eigenvalue weighted by atomic mass is 9.95. The predicted octanol–water partition coefficient (Wildman–Crippen LogP) is 2.75. The molecule has 2 rings (SSSR count). The molecule has 1 aromatic rings. The fraction of sp³-hybridized carbons (Fsp3) is 0.412. The van der Waals surface area contributed by atoms with Crippen molar-refractivity contribution in [1.82, 2.24) is 0 Å². The van der Waals surface area contributed by atoms with Gasteiger partial charge in [-0.15, -0.1) is 0 Å². The van der Waals surface area contributed by atoms with Gasteiger partial charge >= 0.3 is 11.7 Å². The Bertz CT molecular complexity index is 713. The molecule has 1 aromatic carbocycles. The van der Waals surface area contributed by atoms with E-state index in [1.807, 2.05) is 12.2 Å². The summed E-state index contributed by atoms with van der Waals surface area (Å²) in [5.74, 6) is -1.08. The highest BCUT2D eigenvalue weighted by Gasteiger charge is 2.22. The van der Waals surface area contributed by atoms with Crippen molar-refractivity contribution in [3.05, 3.63) is 40.0 Å². The number of aryl methyl sites for hydroxylation is 1. The first kappa shape index (κ1) is 18.4. The maximum absolute atomic E-state index is 12.0. The summed E-state index contributed by atoms with van der Waals surface area (Å²) in [6, 6.07) is 2.69. The molecule has 0 saturated carbocycles. The number of allylic oxidation sites excluding steroid dienone is 2. The van der Waals surface area contributed by atoms with Crippen LogP contribution in [-0.4, -0.2) is 30.5 Å². The molecule has 8 nitrogen and oxygen atoms in total. The maximum Gasteiger partial charge on any atom is 0.311 e. The van der Waals surface area contributed by atoms with Crippen LogP contribution in [0.15, 0.2) is 24.3 Å². The van der Waals surface area contributed by atoms with Gasteiger partial charge in [0.2, 0.25) is 0 Å². The van der Waals surface area contributed by atoms with Gasteiger partial charge in [0.05, 0.1) is 18.0 Å². The molecule has 0 radical (unpaired) electrons. The first-order chi connectivity index (χ1) is 11.9. The van der Waals surface area contributed by atoms with E-state index in [9.17, 15) is 19.7 Å². The Morgan fingerprint density at radius 3 is 2.72 bits per heavy atom. The van der Waals surface area contributed by atoms with Crippen molar-refractivity contribution in [3.8, 4) is 5.75 Å². The van der Waals surface area contributed by atoms with Crippen molar-refractivity contribution in [1.29, 1.82) is 0 Å². The molecule has 0 aromatic heterocycles. The Labute approximate surface area is 145 Å². The van der Waals surface area contributed by atoms with Crippen LogP contribution in [-0.2, 0) is 14.3 Å². The van der Waals surface area contributed by atoms with Gasteiger partial charge in [-0.1, -0.05) is 12.2 Å². The summed E-state index contributed by atoms with van der Waals surface area (Å²) in [7, 11) is 1.31. The lowest BCUT2D eigenvalue weighted by Gasteiger charge is -2.16. The highest BCUT2D eigenvalue weighted by atomic mass is 16.6. The van der Waals surface area contributed by atoms with Gasteiger partial charge in [-0.05, 0) is 31.7 Å². The molecule has 25 heavy (non-hydrogen) atoms. The number of anilines is 1. The lowest BCUT2D eigenvalue weighted by Crippen LogP contribution is -2.25. The molecule has 8 heteroatoms. The van der Waals surface area contributed by atoms with Crippen molar-refractivity contribution in [3.63, 3.8) is 0 Å². The fourth-order valence-corrected chi connectivity index (χ4v) is 2.56. The number of nitrogens with zero attached hydrogens (tertiary/aromatic N) is 1. The monoisotopic (exact) mass is 348 g/mol. The van der Waals surface area contributed by atoms with Gasteiger partial charge in [0.15, 0.2) is 12.4 Å². The van der Waals surface area contributed by atoms with E-state index >= 15 is 0 Å². The summed E-state index contributed by atoms with van der Waals surface area (Å²) in [6.07, 6.45) is 6.12. The highest BCUT2D eigenvalue weighted by molar-refractivity contribution is 5.94. The largest absolute Gasteiger partial charge is 0.490 e. The smallest absolute Gasteiger partial charge is 0.311 e. The Hall–Kier alpha value is -2.90. The van der Waals surface area contributed by atoms with Crippen LogP contribution in [0.2, 0.25) is 0 Å². The first-order valence-corrected chi connectivity index (χ1v) is 7.87. The molecule has 0 fully saturated rings. The number of nitrogens with one attached hydrogen (secondary N) is 1.